The Kier molecular flexibility index (Phi) is 4.84. The highest BCUT2D eigenvalue weighted by atomic mass is 16.6. The van der Waals surface area contributed by atoms with Crippen LogP contribution in [0, 0.1) is 17.0 Å². The van der Waals surface area contributed by atoms with Gasteiger partial charge in [0.15, 0.2) is 0 Å². The van der Waals surface area contributed by atoms with Crippen molar-refractivity contribution < 1.29 is 14.5 Å². The standard InChI is InChI=1S/C20H18N2O4/c1-3-26-20(23)19-14(2)21(16-7-5-4-6-8-16)13-18(19)15-9-11-17(12-10-15)22(24)25/h4-13H,3H2,1-2H3. The number of carbonyl (C=O) groups excluding carboxylic acids is 1. The fourth-order valence-electron chi connectivity index (χ4n) is 2.91. The Balaban J connectivity index is 2.16. The van der Waals surface area contributed by atoms with Crippen LogP contribution in [0.1, 0.15) is 23.0 Å². The molecule has 6 heteroatoms. The summed E-state index contributed by atoms with van der Waals surface area (Å²) < 4.78 is 7.14. The zero-order valence-electron chi connectivity index (χ0n) is 14.5. The van der Waals surface area contributed by atoms with Crippen molar-refractivity contribution in [3.05, 3.63) is 82.2 Å². The summed E-state index contributed by atoms with van der Waals surface area (Å²) in [6.07, 6.45) is 1.86. The lowest BCUT2D eigenvalue weighted by molar-refractivity contribution is -0.384. The number of non-ortho nitro benzene ring substituents is 1. The van der Waals surface area contributed by atoms with Crippen molar-refractivity contribution in [1.82, 2.24) is 4.57 Å². The maximum absolute atomic E-state index is 12.5. The number of ether oxygens (including phenoxy) is 1. The molecule has 0 atom stereocenters. The first-order chi connectivity index (χ1) is 12.5. The summed E-state index contributed by atoms with van der Waals surface area (Å²) in [6.45, 7) is 3.88. The number of hydrogen-bond donors (Lipinski definition) is 0. The van der Waals surface area contributed by atoms with E-state index in [2.05, 4.69) is 0 Å². The Labute approximate surface area is 150 Å². The normalized spacial score (nSPS) is 10.5. The molecule has 0 radical (unpaired) electrons. The predicted molar refractivity (Wildman–Crippen MR) is 98.6 cm³/mol. The van der Waals surface area contributed by atoms with E-state index in [0.29, 0.717) is 11.1 Å². The van der Waals surface area contributed by atoms with E-state index < -0.39 is 10.9 Å². The molecule has 0 bridgehead atoms. The number of para-hydroxylation sites is 1. The molecule has 1 heterocycles. The largest absolute Gasteiger partial charge is 0.462 e. The van der Waals surface area contributed by atoms with Gasteiger partial charge >= 0.3 is 5.97 Å². The maximum Gasteiger partial charge on any atom is 0.340 e. The molecule has 0 N–H and O–H groups in total. The molecule has 0 unspecified atom stereocenters. The second-order valence-corrected chi connectivity index (χ2v) is 5.73. The molecule has 26 heavy (non-hydrogen) atoms. The number of carbonyl (C=O) groups is 1. The Hall–Kier alpha value is -3.41. The van der Waals surface area contributed by atoms with Crippen LogP contribution in [0.25, 0.3) is 16.8 Å². The van der Waals surface area contributed by atoms with Gasteiger partial charge in [0.25, 0.3) is 5.69 Å². The maximum atomic E-state index is 12.5. The van der Waals surface area contributed by atoms with E-state index in [9.17, 15) is 14.9 Å². The third-order valence-electron chi connectivity index (χ3n) is 4.15. The van der Waals surface area contributed by atoms with E-state index in [1.165, 1.54) is 12.1 Å². The summed E-state index contributed by atoms with van der Waals surface area (Å²) in [4.78, 5) is 23.0. The second kappa shape index (κ2) is 7.23. The molecule has 3 aromatic rings. The Morgan fingerprint density at radius 2 is 1.77 bits per heavy atom. The van der Waals surface area contributed by atoms with Gasteiger partial charge in [0.1, 0.15) is 0 Å². The van der Waals surface area contributed by atoms with E-state index in [1.807, 2.05) is 48.0 Å². The van der Waals surface area contributed by atoms with Gasteiger partial charge in [-0.3, -0.25) is 10.1 Å². The van der Waals surface area contributed by atoms with Gasteiger partial charge in [-0.25, -0.2) is 4.79 Å². The van der Waals surface area contributed by atoms with Crippen LogP contribution < -0.4 is 0 Å². The fourth-order valence-corrected chi connectivity index (χ4v) is 2.91. The van der Waals surface area contributed by atoms with Gasteiger partial charge < -0.3 is 9.30 Å². The minimum absolute atomic E-state index is 0.00523. The number of aromatic nitrogens is 1. The molecule has 1 aromatic heterocycles. The number of nitro benzene ring substituents is 1. The van der Waals surface area contributed by atoms with Crippen LogP contribution in [0.5, 0.6) is 0 Å². The van der Waals surface area contributed by atoms with Crippen LogP contribution in [0.4, 0.5) is 5.69 Å². The SMILES string of the molecule is CCOC(=O)c1c(-c2ccc([N+](=O)[O-])cc2)cn(-c2ccccc2)c1C. The van der Waals surface area contributed by atoms with Gasteiger partial charge in [0.2, 0.25) is 0 Å². The first-order valence-corrected chi connectivity index (χ1v) is 8.22. The van der Waals surface area contributed by atoms with Gasteiger partial charge in [0.05, 0.1) is 17.1 Å². The van der Waals surface area contributed by atoms with Gasteiger partial charge in [-0.2, -0.15) is 0 Å². The summed E-state index contributed by atoms with van der Waals surface area (Å²) in [5.74, 6) is -0.409. The Morgan fingerprint density at radius 1 is 1.12 bits per heavy atom. The average molecular weight is 350 g/mol. The molecule has 0 aliphatic heterocycles. The summed E-state index contributed by atoms with van der Waals surface area (Å²) >= 11 is 0. The number of rotatable bonds is 5. The van der Waals surface area contributed by atoms with Crippen LogP contribution in [-0.2, 0) is 4.74 Å². The Morgan fingerprint density at radius 3 is 2.35 bits per heavy atom. The van der Waals surface area contributed by atoms with Gasteiger partial charge in [-0.15, -0.1) is 0 Å². The average Bonchev–Trinajstić information content (AvgIpc) is 3.00. The van der Waals surface area contributed by atoms with Crippen molar-refractivity contribution in [2.45, 2.75) is 13.8 Å². The van der Waals surface area contributed by atoms with E-state index >= 15 is 0 Å². The third-order valence-corrected chi connectivity index (χ3v) is 4.15. The third kappa shape index (κ3) is 3.21. The number of nitro groups is 1. The summed E-state index contributed by atoms with van der Waals surface area (Å²) in [7, 11) is 0. The van der Waals surface area contributed by atoms with Crippen LogP contribution in [0.15, 0.2) is 60.8 Å². The monoisotopic (exact) mass is 350 g/mol. The number of benzene rings is 2. The topological polar surface area (TPSA) is 74.4 Å². The van der Waals surface area contributed by atoms with E-state index in [-0.39, 0.29) is 12.3 Å². The smallest absolute Gasteiger partial charge is 0.340 e. The summed E-state index contributed by atoms with van der Waals surface area (Å²) in [5.41, 5.74) is 3.54. The molecule has 0 saturated heterocycles. The fraction of sp³-hybridized carbons (Fsp3) is 0.150. The summed E-state index contributed by atoms with van der Waals surface area (Å²) in [6, 6.07) is 15.8. The first-order valence-electron chi connectivity index (χ1n) is 8.22. The van der Waals surface area contributed by atoms with E-state index in [1.54, 1.807) is 19.1 Å². The molecular weight excluding hydrogens is 332 g/mol. The highest BCUT2D eigenvalue weighted by Gasteiger charge is 2.22. The van der Waals surface area contributed by atoms with Gasteiger partial charge in [0, 0.05) is 35.3 Å². The number of nitrogens with zero attached hydrogens (tertiary/aromatic N) is 2. The van der Waals surface area contributed by atoms with E-state index in [4.69, 9.17) is 4.74 Å². The molecule has 0 amide bonds. The van der Waals surface area contributed by atoms with Crippen molar-refractivity contribution >= 4 is 11.7 Å². The number of esters is 1. The molecular formula is C20H18N2O4. The van der Waals surface area contributed by atoms with Crippen molar-refractivity contribution in [3.63, 3.8) is 0 Å². The minimum Gasteiger partial charge on any atom is -0.462 e. The zero-order chi connectivity index (χ0) is 18.7. The van der Waals surface area contributed by atoms with Crippen LogP contribution >= 0.6 is 0 Å². The van der Waals surface area contributed by atoms with Crippen molar-refractivity contribution in [2.75, 3.05) is 6.61 Å². The van der Waals surface area contributed by atoms with Crippen molar-refractivity contribution in [1.29, 1.82) is 0 Å². The highest BCUT2D eigenvalue weighted by Crippen LogP contribution is 2.32. The summed E-state index contributed by atoms with van der Waals surface area (Å²) in [5, 5.41) is 10.9. The van der Waals surface area contributed by atoms with Gasteiger partial charge in [-0.1, -0.05) is 18.2 Å². The molecule has 0 aliphatic carbocycles. The lowest BCUT2D eigenvalue weighted by Crippen LogP contribution is -2.07. The molecule has 0 saturated carbocycles. The van der Waals surface area contributed by atoms with Crippen molar-refractivity contribution in [2.24, 2.45) is 0 Å². The van der Waals surface area contributed by atoms with Crippen LogP contribution in [0.3, 0.4) is 0 Å². The minimum atomic E-state index is -0.448. The zero-order valence-corrected chi connectivity index (χ0v) is 14.5. The van der Waals surface area contributed by atoms with Gasteiger partial charge in [-0.05, 0) is 43.7 Å². The molecule has 2 aromatic carbocycles. The predicted octanol–water partition coefficient (Wildman–Crippen LogP) is 4.54. The van der Waals surface area contributed by atoms with Crippen LogP contribution in [0.2, 0.25) is 0 Å². The first kappa shape index (κ1) is 17.4. The molecule has 3 rings (SSSR count). The lowest BCUT2D eigenvalue weighted by atomic mass is 10.0. The Bertz CT molecular complexity index is 944. The highest BCUT2D eigenvalue weighted by molar-refractivity contribution is 5.99. The molecule has 6 nitrogen and oxygen atoms in total. The second-order valence-electron chi connectivity index (χ2n) is 5.73. The van der Waals surface area contributed by atoms with Crippen LogP contribution in [-0.4, -0.2) is 22.1 Å². The quantitative estimate of drug-likeness (QED) is 0.385. The lowest BCUT2D eigenvalue weighted by Gasteiger charge is -2.07. The van der Waals surface area contributed by atoms with E-state index in [0.717, 1.165) is 16.9 Å². The molecule has 132 valence electrons. The molecule has 0 fully saturated rings. The number of hydrogen-bond acceptors (Lipinski definition) is 4. The molecule has 0 spiro atoms. The molecule has 0 aliphatic rings. The van der Waals surface area contributed by atoms with Crippen molar-refractivity contribution in [3.8, 4) is 16.8 Å².